The van der Waals surface area contributed by atoms with Crippen molar-refractivity contribution < 1.29 is 0 Å². The average Bonchev–Trinajstić information content (AvgIpc) is 2.04. The van der Waals surface area contributed by atoms with Crippen LogP contribution in [0.5, 0.6) is 0 Å². The lowest BCUT2D eigenvalue weighted by Gasteiger charge is -2.06. The largest absolute Gasteiger partial charge is 0.388 e. The molecule has 0 aliphatic rings. The number of anilines is 1. The fourth-order valence-electron chi connectivity index (χ4n) is 0.916. The minimum atomic E-state index is 0.328. The summed E-state index contributed by atoms with van der Waals surface area (Å²) in [5, 5.41) is 11.0. The SMILES string of the molecule is CNc1ccc(Cl)cc1C(=N)Br. The molecule has 64 valence electrons. The van der Waals surface area contributed by atoms with Crippen molar-refractivity contribution in [1.82, 2.24) is 0 Å². The van der Waals surface area contributed by atoms with E-state index in [9.17, 15) is 0 Å². The number of halogens is 2. The van der Waals surface area contributed by atoms with Crippen molar-refractivity contribution in [1.29, 1.82) is 5.41 Å². The summed E-state index contributed by atoms with van der Waals surface area (Å²) >= 11 is 8.87. The van der Waals surface area contributed by atoms with Crippen molar-refractivity contribution in [2.75, 3.05) is 12.4 Å². The van der Waals surface area contributed by atoms with Gasteiger partial charge in [-0.2, -0.15) is 0 Å². The molecule has 0 amide bonds. The van der Waals surface area contributed by atoms with Crippen LogP contribution in [0.25, 0.3) is 0 Å². The molecule has 0 unspecified atom stereocenters. The maximum absolute atomic E-state index is 7.39. The Labute approximate surface area is 84.6 Å². The summed E-state index contributed by atoms with van der Waals surface area (Å²) in [4.78, 5) is 0. The van der Waals surface area contributed by atoms with Crippen LogP contribution < -0.4 is 5.32 Å². The molecule has 0 saturated carbocycles. The van der Waals surface area contributed by atoms with Crippen LogP contribution in [0.15, 0.2) is 18.2 Å². The van der Waals surface area contributed by atoms with Gasteiger partial charge in [0, 0.05) is 23.3 Å². The Balaban J connectivity index is 3.21. The number of hydrogen-bond acceptors (Lipinski definition) is 2. The van der Waals surface area contributed by atoms with Crippen LogP contribution in [0.1, 0.15) is 5.56 Å². The van der Waals surface area contributed by atoms with Crippen LogP contribution in [-0.4, -0.2) is 11.7 Å². The summed E-state index contributed by atoms with van der Waals surface area (Å²) in [6, 6.07) is 5.37. The van der Waals surface area contributed by atoms with Gasteiger partial charge >= 0.3 is 0 Å². The zero-order valence-electron chi connectivity index (χ0n) is 6.49. The molecule has 0 aliphatic carbocycles. The Morgan fingerprint density at radius 3 is 2.75 bits per heavy atom. The second-order valence-electron chi connectivity index (χ2n) is 2.25. The number of rotatable bonds is 2. The zero-order chi connectivity index (χ0) is 9.14. The van der Waals surface area contributed by atoms with E-state index in [4.69, 9.17) is 17.0 Å². The molecule has 0 aromatic heterocycles. The van der Waals surface area contributed by atoms with Crippen molar-refractivity contribution >= 4 is 37.8 Å². The molecule has 0 aliphatic heterocycles. The van der Waals surface area contributed by atoms with Gasteiger partial charge in [0.05, 0.1) is 0 Å². The standard InChI is InChI=1S/C8H8BrClN2/c1-12-7-3-2-5(10)4-6(7)8(9)11/h2-4,11-12H,1H3. The summed E-state index contributed by atoms with van der Waals surface area (Å²) in [5.74, 6) is 0. The van der Waals surface area contributed by atoms with Crippen molar-refractivity contribution in [3.05, 3.63) is 28.8 Å². The Bertz CT molecular complexity index is 312. The first-order valence-electron chi connectivity index (χ1n) is 3.37. The van der Waals surface area contributed by atoms with E-state index in [0.29, 0.717) is 9.64 Å². The molecule has 0 heterocycles. The van der Waals surface area contributed by atoms with Crippen LogP contribution in [0.3, 0.4) is 0 Å². The van der Waals surface area contributed by atoms with Crippen LogP contribution >= 0.6 is 27.5 Å². The van der Waals surface area contributed by atoms with Crippen molar-refractivity contribution in [3.63, 3.8) is 0 Å². The molecular weight excluding hydrogens is 239 g/mol. The van der Waals surface area contributed by atoms with Gasteiger partial charge < -0.3 is 5.32 Å². The van der Waals surface area contributed by atoms with E-state index >= 15 is 0 Å². The van der Waals surface area contributed by atoms with Crippen molar-refractivity contribution in [2.45, 2.75) is 0 Å². The van der Waals surface area contributed by atoms with E-state index in [0.717, 1.165) is 11.3 Å². The highest BCUT2D eigenvalue weighted by Gasteiger charge is 2.04. The first kappa shape index (κ1) is 9.55. The van der Waals surface area contributed by atoms with Gasteiger partial charge in [-0.05, 0) is 34.1 Å². The van der Waals surface area contributed by atoms with Gasteiger partial charge in [-0.3, -0.25) is 5.41 Å². The third kappa shape index (κ3) is 1.99. The van der Waals surface area contributed by atoms with Crippen molar-refractivity contribution in [2.24, 2.45) is 0 Å². The van der Waals surface area contributed by atoms with E-state index in [2.05, 4.69) is 21.2 Å². The minimum Gasteiger partial charge on any atom is -0.388 e. The minimum absolute atomic E-state index is 0.328. The topological polar surface area (TPSA) is 35.9 Å². The van der Waals surface area contributed by atoms with E-state index in [1.807, 2.05) is 13.1 Å². The van der Waals surface area contributed by atoms with Crippen LogP contribution in [0.4, 0.5) is 5.69 Å². The monoisotopic (exact) mass is 246 g/mol. The summed E-state index contributed by atoms with van der Waals surface area (Å²) in [6.45, 7) is 0. The zero-order valence-corrected chi connectivity index (χ0v) is 8.83. The highest BCUT2D eigenvalue weighted by Crippen LogP contribution is 2.22. The average molecular weight is 248 g/mol. The van der Waals surface area contributed by atoms with Gasteiger partial charge in [0.2, 0.25) is 0 Å². The van der Waals surface area contributed by atoms with Gasteiger partial charge in [-0.1, -0.05) is 11.6 Å². The molecule has 2 nitrogen and oxygen atoms in total. The fourth-order valence-corrected chi connectivity index (χ4v) is 1.42. The molecule has 0 atom stereocenters. The predicted octanol–water partition coefficient (Wildman–Crippen LogP) is 3.10. The molecule has 1 rings (SSSR count). The molecule has 1 aromatic rings. The molecule has 0 spiro atoms. The fraction of sp³-hybridized carbons (Fsp3) is 0.125. The third-order valence-corrected chi connectivity index (χ3v) is 2.15. The predicted molar refractivity (Wildman–Crippen MR) is 56.8 cm³/mol. The smallest absolute Gasteiger partial charge is 0.106 e. The van der Waals surface area contributed by atoms with Gasteiger partial charge in [0.15, 0.2) is 0 Å². The number of nitrogens with one attached hydrogen (secondary N) is 2. The lowest BCUT2D eigenvalue weighted by Crippen LogP contribution is -1.97. The second-order valence-corrected chi connectivity index (χ2v) is 3.48. The maximum atomic E-state index is 7.39. The molecular formula is C8H8BrClN2. The Kier molecular flexibility index (Phi) is 3.12. The van der Waals surface area contributed by atoms with Crippen molar-refractivity contribution in [3.8, 4) is 0 Å². The van der Waals surface area contributed by atoms with Crippen LogP contribution in [-0.2, 0) is 0 Å². The molecule has 1 aromatic carbocycles. The Morgan fingerprint density at radius 1 is 1.58 bits per heavy atom. The first-order valence-corrected chi connectivity index (χ1v) is 4.54. The number of benzene rings is 1. The lowest BCUT2D eigenvalue weighted by molar-refractivity contribution is 1.47. The molecule has 0 radical (unpaired) electrons. The summed E-state index contributed by atoms with van der Waals surface area (Å²) in [5.41, 5.74) is 1.66. The molecule has 2 N–H and O–H groups in total. The van der Waals surface area contributed by atoms with Crippen LogP contribution in [0, 0.1) is 5.41 Å². The highest BCUT2D eigenvalue weighted by atomic mass is 79.9. The highest BCUT2D eigenvalue weighted by molar-refractivity contribution is 9.18. The second kappa shape index (κ2) is 3.92. The first-order chi connectivity index (χ1) is 5.65. The van der Waals surface area contributed by atoms with Gasteiger partial charge in [0.1, 0.15) is 4.62 Å². The molecule has 0 fully saturated rings. The van der Waals surface area contributed by atoms with Gasteiger partial charge in [-0.25, -0.2) is 0 Å². The Hall–Kier alpha value is -0.540. The third-order valence-electron chi connectivity index (χ3n) is 1.49. The summed E-state index contributed by atoms with van der Waals surface area (Å²) in [6.07, 6.45) is 0. The maximum Gasteiger partial charge on any atom is 0.106 e. The number of hydrogen-bond donors (Lipinski definition) is 2. The molecule has 0 bridgehead atoms. The normalized spacial score (nSPS) is 9.58. The summed E-state index contributed by atoms with van der Waals surface area (Å²) in [7, 11) is 1.81. The molecule has 4 heteroatoms. The van der Waals surface area contributed by atoms with E-state index in [-0.39, 0.29) is 0 Å². The summed E-state index contributed by atoms with van der Waals surface area (Å²) < 4.78 is 0.328. The van der Waals surface area contributed by atoms with E-state index in [1.165, 1.54) is 0 Å². The molecule has 0 saturated heterocycles. The van der Waals surface area contributed by atoms with E-state index in [1.54, 1.807) is 12.1 Å². The Morgan fingerprint density at radius 2 is 2.25 bits per heavy atom. The molecule has 12 heavy (non-hydrogen) atoms. The quantitative estimate of drug-likeness (QED) is 0.774. The van der Waals surface area contributed by atoms with Crippen LogP contribution in [0.2, 0.25) is 5.02 Å². The van der Waals surface area contributed by atoms with Gasteiger partial charge in [0.25, 0.3) is 0 Å². The lowest BCUT2D eigenvalue weighted by atomic mass is 10.2. The van der Waals surface area contributed by atoms with Gasteiger partial charge in [-0.15, -0.1) is 0 Å². The van der Waals surface area contributed by atoms with E-state index < -0.39 is 0 Å².